The van der Waals surface area contributed by atoms with Crippen LogP contribution in [0.3, 0.4) is 0 Å². The third-order valence-corrected chi connectivity index (χ3v) is 2.80. The van der Waals surface area contributed by atoms with Crippen LogP contribution >= 0.6 is 0 Å². The van der Waals surface area contributed by atoms with Gasteiger partial charge in [0, 0.05) is 20.2 Å². The van der Waals surface area contributed by atoms with Crippen LogP contribution in [0.5, 0.6) is 0 Å². The maximum absolute atomic E-state index is 12.1. The molecule has 0 fully saturated rings. The molecule has 2 rings (SSSR count). The van der Waals surface area contributed by atoms with Crippen LogP contribution in [0, 0.1) is 0 Å². The van der Waals surface area contributed by atoms with Gasteiger partial charge in [0.1, 0.15) is 5.69 Å². The molecule has 1 aliphatic heterocycles. The van der Waals surface area contributed by atoms with Crippen molar-refractivity contribution in [1.82, 2.24) is 15.1 Å². The molecule has 1 aliphatic rings. The number of amides is 1. The van der Waals surface area contributed by atoms with Crippen molar-refractivity contribution in [2.45, 2.75) is 6.42 Å². The van der Waals surface area contributed by atoms with Gasteiger partial charge in [0.05, 0.1) is 18.5 Å². The largest absolute Gasteiger partial charge is 0.396 e. The molecule has 17 heavy (non-hydrogen) atoms. The normalized spacial score (nSPS) is 15.8. The van der Waals surface area contributed by atoms with Gasteiger partial charge in [-0.1, -0.05) is 6.08 Å². The van der Waals surface area contributed by atoms with Crippen LogP contribution in [0.2, 0.25) is 0 Å². The summed E-state index contributed by atoms with van der Waals surface area (Å²) < 4.78 is 5.06. The summed E-state index contributed by atoms with van der Waals surface area (Å²) in [4.78, 5) is 13.8. The summed E-state index contributed by atoms with van der Waals surface area (Å²) in [7, 11) is 1.67. The summed E-state index contributed by atoms with van der Waals surface area (Å²) in [5, 5.41) is 6.38. The molecule has 6 nitrogen and oxygen atoms in total. The van der Waals surface area contributed by atoms with Gasteiger partial charge in [-0.25, -0.2) is 0 Å². The number of carbonyl (C=O) groups excluding carboxylic acids is 1. The van der Waals surface area contributed by atoms with Gasteiger partial charge in [-0.2, -0.15) is 5.10 Å². The third kappa shape index (κ3) is 2.47. The van der Waals surface area contributed by atoms with E-state index in [0.29, 0.717) is 31.1 Å². The van der Waals surface area contributed by atoms with Crippen molar-refractivity contribution in [1.29, 1.82) is 0 Å². The molecule has 6 heteroatoms. The van der Waals surface area contributed by atoms with Crippen LogP contribution < -0.4 is 5.73 Å². The molecule has 0 atom stereocenters. The van der Waals surface area contributed by atoms with Crippen LogP contribution in [0.25, 0.3) is 0 Å². The average Bonchev–Trinajstić information content (AvgIpc) is 2.76. The van der Waals surface area contributed by atoms with Gasteiger partial charge in [0.25, 0.3) is 5.91 Å². The van der Waals surface area contributed by atoms with E-state index < -0.39 is 0 Å². The molecule has 0 bridgehead atoms. The number of rotatable bonds is 3. The summed E-state index contributed by atoms with van der Waals surface area (Å²) in [5.74, 6) is -0.104. The van der Waals surface area contributed by atoms with E-state index >= 15 is 0 Å². The highest BCUT2D eigenvalue weighted by Crippen LogP contribution is 2.15. The number of nitrogen functional groups attached to an aromatic ring is 1. The highest BCUT2D eigenvalue weighted by Gasteiger charge is 2.21. The molecule has 92 valence electrons. The van der Waals surface area contributed by atoms with E-state index in [0.717, 1.165) is 6.42 Å². The van der Waals surface area contributed by atoms with E-state index in [1.165, 1.54) is 11.8 Å². The van der Waals surface area contributed by atoms with Crippen LogP contribution in [0.15, 0.2) is 17.8 Å². The average molecular weight is 236 g/mol. The van der Waals surface area contributed by atoms with Crippen LogP contribution in [0.4, 0.5) is 5.69 Å². The number of ether oxygens (including phenoxy) is 1. The Morgan fingerprint density at radius 2 is 2.53 bits per heavy atom. The molecule has 1 amide bonds. The number of nitrogens with two attached hydrogens (primary N) is 1. The lowest BCUT2D eigenvalue weighted by Gasteiger charge is -2.25. The Bertz CT molecular complexity index is 438. The highest BCUT2D eigenvalue weighted by molar-refractivity contribution is 5.97. The van der Waals surface area contributed by atoms with E-state index in [-0.39, 0.29) is 5.91 Å². The van der Waals surface area contributed by atoms with Crippen LogP contribution in [-0.4, -0.2) is 47.8 Å². The fourth-order valence-electron chi connectivity index (χ4n) is 1.84. The molecule has 1 aromatic rings. The molecule has 0 saturated heterocycles. The SMILES string of the molecule is COCC1=CCN(C(=O)c2[nH]ncc2N)CC1. The van der Waals surface area contributed by atoms with Gasteiger partial charge in [0.2, 0.25) is 0 Å². The van der Waals surface area contributed by atoms with Gasteiger partial charge in [-0.3, -0.25) is 9.89 Å². The molecule has 3 N–H and O–H groups in total. The molecular formula is C11H16N4O2. The number of carbonyl (C=O) groups is 1. The number of methoxy groups -OCH3 is 1. The smallest absolute Gasteiger partial charge is 0.274 e. The first kappa shape index (κ1) is 11.7. The molecule has 0 aliphatic carbocycles. The number of aromatic nitrogens is 2. The molecule has 0 aromatic carbocycles. The van der Waals surface area contributed by atoms with E-state index in [1.54, 1.807) is 12.0 Å². The van der Waals surface area contributed by atoms with Gasteiger partial charge >= 0.3 is 0 Å². The van der Waals surface area contributed by atoms with Gasteiger partial charge < -0.3 is 15.4 Å². The Morgan fingerprint density at radius 1 is 1.71 bits per heavy atom. The maximum Gasteiger partial charge on any atom is 0.274 e. The number of hydrogen-bond donors (Lipinski definition) is 2. The molecular weight excluding hydrogens is 220 g/mol. The molecule has 1 aromatic heterocycles. The van der Waals surface area contributed by atoms with Crippen molar-refractivity contribution < 1.29 is 9.53 Å². The summed E-state index contributed by atoms with van der Waals surface area (Å²) in [6, 6.07) is 0. The Hall–Kier alpha value is -1.82. The fourth-order valence-corrected chi connectivity index (χ4v) is 1.84. The van der Waals surface area contributed by atoms with Crippen molar-refractivity contribution in [3.05, 3.63) is 23.5 Å². The standard InChI is InChI=1S/C11H16N4O2/c1-17-7-8-2-4-15(5-3-8)11(16)10-9(12)6-13-14-10/h2,6H,3-5,7,12H2,1H3,(H,13,14). The lowest BCUT2D eigenvalue weighted by molar-refractivity contribution is 0.0760. The van der Waals surface area contributed by atoms with Crippen molar-refractivity contribution in [3.63, 3.8) is 0 Å². The number of H-pyrrole nitrogens is 1. The van der Waals surface area contributed by atoms with Gasteiger partial charge in [0.15, 0.2) is 0 Å². The minimum Gasteiger partial charge on any atom is -0.396 e. The fraction of sp³-hybridized carbons (Fsp3) is 0.455. The Labute approximate surface area is 99.4 Å². The van der Waals surface area contributed by atoms with Crippen molar-refractivity contribution in [2.75, 3.05) is 32.5 Å². The Balaban J connectivity index is 2.02. The predicted octanol–water partition coefficient (Wildman–Crippen LogP) is 0.411. The zero-order valence-corrected chi connectivity index (χ0v) is 9.77. The first-order chi connectivity index (χ1) is 8.22. The summed E-state index contributed by atoms with van der Waals surface area (Å²) in [6.45, 7) is 1.91. The van der Waals surface area contributed by atoms with E-state index in [4.69, 9.17) is 10.5 Å². The lowest BCUT2D eigenvalue weighted by atomic mass is 10.1. The van der Waals surface area contributed by atoms with Crippen molar-refractivity contribution in [3.8, 4) is 0 Å². The summed E-state index contributed by atoms with van der Waals surface area (Å²) in [6.07, 6.45) is 4.31. The monoisotopic (exact) mass is 236 g/mol. The molecule has 0 spiro atoms. The Kier molecular flexibility index (Phi) is 3.43. The van der Waals surface area contributed by atoms with Crippen molar-refractivity contribution in [2.24, 2.45) is 0 Å². The quantitative estimate of drug-likeness (QED) is 0.744. The second kappa shape index (κ2) is 5.01. The van der Waals surface area contributed by atoms with E-state index in [2.05, 4.69) is 10.2 Å². The van der Waals surface area contributed by atoms with Crippen LogP contribution in [-0.2, 0) is 4.74 Å². The summed E-state index contributed by atoms with van der Waals surface area (Å²) >= 11 is 0. The summed E-state index contributed by atoms with van der Waals surface area (Å²) in [5.41, 5.74) is 7.64. The number of aromatic amines is 1. The van der Waals surface area contributed by atoms with Gasteiger partial charge in [-0.05, 0) is 12.0 Å². The number of nitrogens with zero attached hydrogens (tertiary/aromatic N) is 2. The molecule has 0 unspecified atom stereocenters. The molecule has 2 heterocycles. The number of anilines is 1. The van der Waals surface area contributed by atoms with Crippen LogP contribution in [0.1, 0.15) is 16.9 Å². The van der Waals surface area contributed by atoms with E-state index in [9.17, 15) is 4.79 Å². The maximum atomic E-state index is 12.1. The first-order valence-corrected chi connectivity index (χ1v) is 5.47. The first-order valence-electron chi connectivity index (χ1n) is 5.47. The zero-order chi connectivity index (χ0) is 12.3. The second-order valence-electron chi connectivity index (χ2n) is 4.00. The topological polar surface area (TPSA) is 84.2 Å². The van der Waals surface area contributed by atoms with Gasteiger partial charge in [-0.15, -0.1) is 0 Å². The molecule has 0 radical (unpaired) electrons. The minimum absolute atomic E-state index is 0.104. The minimum atomic E-state index is -0.104. The zero-order valence-electron chi connectivity index (χ0n) is 9.77. The number of nitrogens with one attached hydrogen (secondary N) is 1. The highest BCUT2D eigenvalue weighted by atomic mass is 16.5. The van der Waals surface area contributed by atoms with Crippen molar-refractivity contribution >= 4 is 11.6 Å². The van der Waals surface area contributed by atoms with E-state index in [1.807, 2.05) is 6.08 Å². The second-order valence-corrected chi connectivity index (χ2v) is 4.00. The Morgan fingerprint density at radius 3 is 3.06 bits per heavy atom. The third-order valence-electron chi connectivity index (χ3n) is 2.80. The number of hydrogen-bond acceptors (Lipinski definition) is 4. The predicted molar refractivity (Wildman–Crippen MR) is 63.5 cm³/mol. The molecule has 0 saturated carbocycles. The lowest BCUT2D eigenvalue weighted by Crippen LogP contribution is -2.35.